The average molecular weight is 249 g/mol. The van der Waals surface area contributed by atoms with Gasteiger partial charge in [0.2, 0.25) is 0 Å². The third kappa shape index (κ3) is 2.87. The van der Waals surface area contributed by atoms with Gasteiger partial charge >= 0.3 is 5.97 Å². The van der Waals surface area contributed by atoms with E-state index in [1.165, 1.54) is 0 Å². The van der Waals surface area contributed by atoms with Crippen LogP contribution in [0.2, 0.25) is 0 Å². The first-order valence-corrected chi connectivity index (χ1v) is 5.78. The summed E-state index contributed by atoms with van der Waals surface area (Å²) in [7, 11) is 0. The predicted octanol–water partition coefficient (Wildman–Crippen LogP) is 1.05. The molecule has 1 aliphatic rings. The van der Waals surface area contributed by atoms with E-state index in [2.05, 4.69) is 5.32 Å². The number of amides is 1. The largest absolute Gasteiger partial charge is 0.481 e. The molecule has 0 spiro atoms. The molecule has 1 unspecified atom stereocenters. The molecule has 1 aromatic carbocycles. The molecule has 18 heavy (non-hydrogen) atoms. The van der Waals surface area contributed by atoms with Gasteiger partial charge in [-0.3, -0.25) is 9.59 Å². The van der Waals surface area contributed by atoms with E-state index in [0.29, 0.717) is 18.6 Å². The van der Waals surface area contributed by atoms with Crippen LogP contribution >= 0.6 is 0 Å². The Morgan fingerprint density at radius 2 is 2.06 bits per heavy atom. The zero-order valence-electron chi connectivity index (χ0n) is 9.89. The van der Waals surface area contributed by atoms with Gasteiger partial charge in [0.1, 0.15) is 0 Å². The number of carboxylic acids is 1. The molecule has 1 heterocycles. The number of ether oxygens (including phenoxy) is 1. The Morgan fingerprint density at radius 3 is 2.61 bits per heavy atom. The third-order valence-corrected chi connectivity index (χ3v) is 3.01. The van der Waals surface area contributed by atoms with E-state index < -0.39 is 11.5 Å². The lowest BCUT2D eigenvalue weighted by molar-refractivity contribution is -0.138. The molecule has 1 aliphatic heterocycles. The molecular weight excluding hydrogens is 234 g/mol. The Morgan fingerprint density at radius 1 is 1.33 bits per heavy atom. The molecular formula is C13H15NO4. The van der Waals surface area contributed by atoms with Gasteiger partial charge in [-0.2, -0.15) is 0 Å². The average Bonchev–Trinajstić information content (AvgIpc) is 2.77. The highest BCUT2D eigenvalue weighted by atomic mass is 16.5. The molecule has 1 amide bonds. The maximum absolute atomic E-state index is 12.0. The zero-order valence-corrected chi connectivity index (χ0v) is 9.89. The summed E-state index contributed by atoms with van der Waals surface area (Å²) in [5.74, 6) is -1.20. The van der Waals surface area contributed by atoms with Gasteiger partial charge in [0.15, 0.2) is 0 Å². The molecule has 96 valence electrons. The van der Waals surface area contributed by atoms with Gasteiger partial charge in [0.25, 0.3) is 5.91 Å². The third-order valence-electron chi connectivity index (χ3n) is 3.01. The van der Waals surface area contributed by atoms with Gasteiger partial charge in [0.05, 0.1) is 18.6 Å². The van der Waals surface area contributed by atoms with Gasteiger partial charge in [0, 0.05) is 12.2 Å². The molecule has 2 rings (SSSR count). The van der Waals surface area contributed by atoms with Gasteiger partial charge < -0.3 is 15.2 Å². The number of carbonyl (C=O) groups is 2. The quantitative estimate of drug-likeness (QED) is 0.836. The summed E-state index contributed by atoms with van der Waals surface area (Å²) in [6.07, 6.45) is 0.406. The molecule has 5 nitrogen and oxygen atoms in total. The van der Waals surface area contributed by atoms with Crippen molar-refractivity contribution in [1.29, 1.82) is 0 Å². The number of hydrogen-bond acceptors (Lipinski definition) is 3. The van der Waals surface area contributed by atoms with Crippen LogP contribution in [0.3, 0.4) is 0 Å². The first kappa shape index (κ1) is 12.6. The molecule has 0 aromatic heterocycles. The number of hydrogen-bond donors (Lipinski definition) is 2. The van der Waals surface area contributed by atoms with Crippen LogP contribution in [0.1, 0.15) is 23.2 Å². The lowest BCUT2D eigenvalue weighted by Gasteiger charge is -2.26. The fourth-order valence-electron chi connectivity index (χ4n) is 2.08. The van der Waals surface area contributed by atoms with Crippen molar-refractivity contribution < 1.29 is 19.4 Å². The molecule has 0 saturated carbocycles. The minimum absolute atomic E-state index is 0.119. The summed E-state index contributed by atoms with van der Waals surface area (Å²) in [6.45, 7) is 0.722. The van der Waals surface area contributed by atoms with Crippen molar-refractivity contribution >= 4 is 11.9 Å². The Labute approximate surface area is 105 Å². The molecule has 1 atom stereocenters. The lowest BCUT2D eigenvalue weighted by Crippen LogP contribution is -2.50. The molecule has 5 heteroatoms. The maximum Gasteiger partial charge on any atom is 0.305 e. The van der Waals surface area contributed by atoms with Crippen LogP contribution in [0.5, 0.6) is 0 Å². The summed E-state index contributed by atoms with van der Waals surface area (Å²) in [6, 6.07) is 8.75. The molecule has 0 radical (unpaired) electrons. The van der Waals surface area contributed by atoms with Crippen molar-refractivity contribution in [3.05, 3.63) is 35.9 Å². The second kappa shape index (κ2) is 5.18. The highest BCUT2D eigenvalue weighted by Gasteiger charge is 2.38. The minimum atomic E-state index is -0.936. The number of aliphatic carboxylic acids is 1. The van der Waals surface area contributed by atoms with E-state index >= 15 is 0 Å². The van der Waals surface area contributed by atoms with Crippen molar-refractivity contribution in [2.45, 2.75) is 18.4 Å². The second-order valence-electron chi connectivity index (χ2n) is 4.47. The normalized spacial score (nSPS) is 22.7. The minimum Gasteiger partial charge on any atom is -0.481 e. The number of carboxylic acid groups (broad SMARTS) is 1. The fourth-order valence-corrected chi connectivity index (χ4v) is 2.08. The summed E-state index contributed by atoms with van der Waals surface area (Å²) >= 11 is 0. The van der Waals surface area contributed by atoms with Gasteiger partial charge in [-0.1, -0.05) is 18.2 Å². The van der Waals surface area contributed by atoms with E-state index in [0.717, 1.165) is 0 Å². The maximum atomic E-state index is 12.0. The van der Waals surface area contributed by atoms with Crippen LogP contribution in [0.25, 0.3) is 0 Å². The first-order valence-electron chi connectivity index (χ1n) is 5.78. The van der Waals surface area contributed by atoms with Crippen molar-refractivity contribution in [2.75, 3.05) is 13.2 Å². The number of carbonyl (C=O) groups excluding carboxylic acids is 1. The van der Waals surface area contributed by atoms with E-state index in [4.69, 9.17) is 9.84 Å². The fraction of sp³-hybridized carbons (Fsp3) is 0.385. The Bertz CT molecular complexity index is 438. The smallest absolute Gasteiger partial charge is 0.305 e. The van der Waals surface area contributed by atoms with Crippen LogP contribution in [-0.4, -0.2) is 35.7 Å². The number of rotatable bonds is 4. The van der Waals surface area contributed by atoms with E-state index in [1.54, 1.807) is 24.3 Å². The number of nitrogens with one attached hydrogen (secondary N) is 1. The zero-order chi connectivity index (χ0) is 13.0. The summed E-state index contributed by atoms with van der Waals surface area (Å²) in [4.78, 5) is 22.9. The van der Waals surface area contributed by atoms with Crippen LogP contribution in [0, 0.1) is 0 Å². The highest BCUT2D eigenvalue weighted by molar-refractivity contribution is 5.95. The van der Waals surface area contributed by atoms with Gasteiger partial charge in [-0.05, 0) is 18.6 Å². The molecule has 0 bridgehead atoms. The topological polar surface area (TPSA) is 75.6 Å². The van der Waals surface area contributed by atoms with Crippen molar-refractivity contribution in [3.63, 3.8) is 0 Å². The predicted molar refractivity (Wildman–Crippen MR) is 64.3 cm³/mol. The summed E-state index contributed by atoms with van der Waals surface area (Å²) in [5, 5.41) is 11.7. The Kier molecular flexibility index (Phi) is 3.62. The molecule has 2 N–H and O–H groups in total. The van der Waals surface area contributed by atoms with Crippen LogP contribution in [0.4, 0.5) is 0 Å². The molecule has 0 aliphatic carbocycles. The van der Waals surface area contributed by atoms with Crippen molar-refractivity contribution in [2.24, 2.45) is 0 Å². The number of benzene rings is 1. The van der Waals surface area contributed by atoms with Crippen molar-refractivity contribution in [3.8, 4) is 0 Å². The van der Waals surface area contributed by atoms with E-state index in [-0.39, 0.29) is 18.9 Å². The van der Waals surface area contributed by atoms with Crippen LogP contribution in [-0.2, 0) is 9.53 Å². The van der Waals surface area contributed by atoms with Crippen molar-refractivity contribution in [1.82, 2.24) is 5.32 Å². The molecule has 1 aromatic rings. The van der Waals surface area contributed by atoms with Crippen LogP contribution in [0.15, 0.2) is 30.3 Å². The van der Waals surface area contributed by atoms with E-state index in [1.807, 2.05) is 6.07 Å². The summed E-state index contributed by atoms with van der Waals surface area (Å²) < 4.78 is 5.22. The SMILES string of the molecule is O=C(O)CC1(NC(=O)c2ccccc2)CCOC1. The lowest BCUT2D eigenvalue weighted by atomic mass is 9.94. The monoisotopic (exact) mass is 249 g/mol. The molecule has 1 fully saturated rings. The Balaban J connectivity index is 2.10. The highest BCUT2D eigenvalue weighted by Crippen LogP contribution is 2.23. The molecule has 1 saturated heterocycles. The Hall–Kier alpha value is -1.88. The summed E-state index contributed by atoms with van der Waals surface area (Å²) in [5.41, 5.74) is -0.257. The standard InChI is InChI=1S/C13H15NO4/c15-11(16)8-13(6-7-18-9-13)14-12(17)10-4-2-1-3-5-10/h1-5H,6-9H2,(H,14,17)(H,15,16). The van der Waals surface area contributed by atoms with Crippen LogP contribution < -0.4 is 5.32 Å². The van der Waals surface area contributed by atoms with E-state index in [9.17, 15) is 9.59 Å². The first-order chi connectivity index (χ1) is 8.61. The second-order valence-corrected chi connectivity index (χ2v) is 4.47. The van der Waals surface area contributed by atoms with Gasteiger partial charge in [-0.15, -0.1) is 0 Å². The van der Waals surface area contributed by atoms with Gasteiger partial charge in [-0.25, -0.2) is 0 Å².